The highest BCUT2D eigenvalue weighted by atomic mass is 32.1. The average Bonchev–Trinajstić information content (AvgIpc) is 2.85. The maximum absolute atomic E-state index is 11.6. The molecule has 106 valence electrons. The van der Waals surface area contributed by atoms with Crippen molar-refractivity contribution in [1.29, 1.82) is 0 Å². The molecule has 0 radical (unpaired) electrons. The highest BCUT2D eigenvalue weighted by molar-refractivity contribution is 7.18. The van der Waals surface area contributed by atoms with Crippen molar-refractivity contribution in [3.8, 4) is 5.88 Å². The third-order valence-corrected chi connectivity index (χ3v) is 3.78. The van der Waals surface area contributed by atoms with E-state index in [4.69, 9.17) is 10.5 Å². The van der Waals surface area contributed by atoms with Crippen molar-refractivity contribution in [2.75, 3.05) is 25.2 Å². The Bertz CT molecular complexity index is 612. The van der Waals surface area contributed by atoms with Gasteiger partial charge in [0.1, 0.15) is 4.88 Å². The molecule has 0 spiro atoms. The summed E-state index contributed by atoms with van der Waals surface area (Å²) >= 11 is 1.33. The molecule has 0 fully saturated rings. The molecule has 2 rings (SSSR count). The fourth-order valence-corrected chi connectivity index (χ4v) is 2.57. The molecule has 0 aliphatic heterocycles. The van der Waals surface area contributed by atoms with Gasteiger partial charge in [-0.25, -0.2) is 4.98 Å². The van der Waals surface area contributed by atoms with Crippen molar-refractivity contribution in [2.24, 2.45) is 0 Å². The number of aromatic nitrogens is 1. The summed E-state index contributed by atoms with van der Waals surface area (Å²) < 4.78 is 5.07. The van der Waals surface area contributed by atoms with E-state index in [2.05, 4.69) is 15.6 Å². The number of nitrogens with zero attached hydrogens (tertiary/aromatic N) is 1. The summed E-state index contributed by atoms with van der Waals surface area (Å²) in [6, 6.07) is 5.50. The fourth-order valence-electron chi connectivity index (χ4n) is 1.64. The Kier molecular flexibility index (Phi) is 4.41. The minimum Gasteiger partial charge on any atom is -0.481 e. The third-order valence-electron chi connectivity index (χ3n) is 2.67. The molecule has 4 N–H and O–H groups in total. The van der Waals surface area contributed by atoms with E-state index < -0.39 is 0 Å². The van der Waals surface area contributed by atoms with Gasteiger partial charge < -0.3 is 21.1 Å². The highest BCUT2D eigenvalue weighted by Crippen LogP contribution is 2.29. The van der Waals surface area contributed by atoms with Gasteiger partial charge in [-0.05, 0) is 17.7 Å². The number of nitrogens with two attached hydrogens (primary N) is 1. The lowest BCUT2D eigenvalue weighted by Crippen LogP contribution is -2.17. The van der Waals surface area contributed by atoms with E-state index in [9.17, 15) is 4.79 Å². The second-order valence-electron chi connectivity index (χ2n) is 4.03. The highest BCUT2D eigenvalue weighted by Gasteiger charge is 2.12. The zero-order chi connectivity index (χ0) is 14.5. The molecule has 0 aliphatic carbocycles. The van der Waals surface area contributed by atoms with Gasteiger partial charge >= 0.3 is 0 Å². The zero-order valence-corrected chi connectivity index (χ0v) is 12.1. The summed E-state index contributed by atoms with van der Waals surface area (Å²) in [5.41, 5.74) is 7.32. The first-order chi connectivity index (χ1) is 9.63. The molecule has 0 saturated carbocycles. The summed E-state index contributed by atoms with van der Waals surface area (Å²) in [5, 5.41) is 6.64. The molecule has 1 amide bonds. The van der Waals surface area contributed by atoms with Crippen LogP contribution in [0.3, 0.4) is 0 Å². The van der Waals surface area contributed by atoms with Gasteiger partial charge in [-0.3, -0.25) is 4.79 Å². The van der Waals surface area contributed by atoms with Crippen LogP contribution in [0.15, 0.2) is 24.4 Å². The van der Waals surface area contributed by atoms with Crippen LogP contribution in [0.25, 0.3) is 0 Å². The minimum atomic E-state index is -0.175. The number of hydrogen-bond acceptors (Lipinski definition) is 6. The maximum atomic E-state index is 11.6. The number of nitrogen functional groups attached to an aromatic ring is 1. The fraction of sp³-hybridized carbons (Fsp3) is 0.231. The van der Waals surface area contributed by atoms with E-state index in [1.54, 1.807) is 26.4 Å². The number of amides is 1. The van der Waals surface area contributed by atoms with Gasteiger partial charge in [0.15, 0.2) is 0 Å². The Balaban J connectivity index is 2.05. The van der Waals surface area contributed by atoms with Crippen LogP contribution in [-0.2, 0) is 6.54 Å². The Morgan fingerprint density at radius 2 is 2.30 bits per heavy atom. The van der Waals surface area contributed by atoms with Crippen LogP contribution in [-0.4, -0.2) is 25.0 Å². The van der Waals surface area contributed by atoms with Crippen molar-refractivity contribution in [3.63, 3.8) is 0 Å². The molecule has 7 heteroatoms. The van der Waals surface area contributed by atoms with E-state index in [-0.39, 0.29) is 5.91 Å². The lowest BCUT2D eigenvalue weighted by Gasteiger charge is -2.05. The van der Waals surface area contributed by atoms with Crippen molar-refractivity contribution in [1.82, 2.24) is 10.3 Å². The molecular formula is C13H16N4O2S. The number of methoxy groups -OCH3 is 1. The van der Waals surface area contributed by atoms with E-state index in [0.29, 0.717) is 23.0 Å². The number of carbonyl (C=O) groups excluding carboxylic acids is 1. The standard InChI is InChI=1S/C13H16N4O2S/c1-15-13(18)12-9(14)6-11(20-12)17-7-8-3-4-16-10(5-8)19-2/h3-6,17H,7,14H2,1-2H3,(H,15,18). The van der Waals surface area contributed by atoms with Crippen LogP contribution in [0.5, 0.6) is 5.88 Å². The Morgan fingerprint density at radius 3 is 3.00 bits per heavy atom. The number of ether oxygens (including phenoxy) is 1. The van der Waals surface area contributed by atoms with Crippen molar-refractivity contribution in [2.45, 2.75) is 6.54 Å². The molecule has 20 heavy (non-hydrogen) atoms. The first-order valence-electron chi connectivity index (χ1n) is 5.98. The van der Waals surface area contributed by atoms with Gasteiger partial charge in [-0.1, -0.05) is 0 Å². The molecular weight excluding hydrogens is 276 g/mol. The van der Waals surface area contributed by atoms with Gasteiger partial charge in [0.25, 0.3) is 5.91 Å². The number of hydrogen-bond donors (Lipinski definition) is 3. The molecule has 6 nitrogen and oxygen atoms in total. The Morgan fingerprint density at radius 1 is 1.50 bits per heavy atom. The largest absolute Gasteiger partial charge is 0.481 e. The molecule has 0 atom stereocenters. The molecule has 2 aromatic heterocycles. The first kappa shape index (κ1) is 14.1. The van der Waals surface area contributed by atoms with Crippen molar-refractivity contribution in [3.05, 3.63) is 34.8 Å². The number of carbonyl (C=O) groups is 1. The Labute approximate surface area is 121 Å². The summed E-state index contributed by atoms with van der Waals surface area (Å²) in [4.78, 5) is 16.1. The van der Waals surface area contributed by atoms with Gasteiger partial charge in [0, 0.05) is 25.9 Å². The quantitative estimate of drug-likeness (QED) is 0.780. The third kappa shape index (κ3) is 3.18. The lowest BCUT2D eigenvalue weighted by atomic mass is 10.2. The van der Waals surface area contributed by atoms with Crippen molar-refractivity contribution < 1.29 is 9.53 Å². The zero-order valence-electron chi connectivity index (χ0n) is 11.3. The minimum absolute atomic E-state index is 0.175. The number of nitrogens with one attached hydrogen (secondary N) is 2. The van der Waals surface area contributed by atoms with E-state index in [1.165, 1.54) is 11.3 Å². The number of rotatable bonds is 5. The first-order valence-corrected chi connectivity index (χ1v) is 6.80. The average molecular weight is 292 g/mol. The number of anilines is 2. The lowest BCUT2D eigenvalue weighted by molar-refractivity contribution is 0.0968. The van der Waals surface area contributed by atoms with Crippen LogP contribution in [0.4, 0.5) is 10.7 Å². The summed E-state index contributed by atoms with van der Waals surface area (Å²) in [5.74, 6) is 0.396. The molecule has 0 unspecified atom stereocenters. The van der Waals surface area contributed by atoms with Crippen LogP contribution in [0.2, 0.25) is 0 Å². The van der Waals surface area contributed by atoms with Gasteiger partial charge in [0.05, 0.1) is 17.8 Å². The Hall–Kier alpha value is -2.28. The predicted molar refractivity (Wildman–Crippen MR) is 80.2 cm³/mol. The van der Waals surface area contributed by atoms with E-state index in [1.807, 2.05) is 12.1 Å². The topological polar surface area (TPSA) is 89.3 Å². The van der Waals surface area contributed by atoms with Gasteiger partial charge in [0.2, 0.25) is 5.88 Å². The second-order valence-corrected chi connectivity index (χ2v) is 5.09. The molecule has 0 aliphatic rings. The van der Waals surface area contributed by atoms with E-state index >= 15 is 0 Å². The van der Waals surface area contributed by atoms with Gasteiger partial charge in [-0.2, -0.15) is 0 Å². The SMILES string of the molecule is CNC(=O)c1sc(NCc2ccnc(OC)c2)cc1N. The smallest absolute Gasteiger partial charge is 0.263 e. The summed E-state index contributed by atoms with van der Waals surface area (Å²) in [6.45, 7) is 0.603. The van der Waals surface area contributed by atoms with Crippen LogP contribution < -0.4 is 21.1 Å². The van der Waals surface area contributed by atoms with Crippen LogP contribution in [0.1, 0.15) is 15.2 Å². The molecule has 0 saturated heterocycles. The summed E-state index contributed by atoms with van der Waals surface area (Å²) in [7, 11) is 3.16. The number of pyridine rings is 1. The van der Waals surface area contributed by atoms with E-state index in [0.717, 1.165) is 10.6 Å². The van der Waals surface area contributed by atoms with Gasteiger partial charge in [-0.15, -0.1) is 11.3 Å². The van der Waals surface area contributed by atoms with Crippen LogP contribution >= 0.6 is 11.3 Å². The maximum Gasteiger partial charge on any atom is 0.263 e. The molecule has 2 heterocycles. The number of thiophene rings is 1. The normalized spacial score (nSPS) is 10.1. The molecule has 0 bridgehead atoms. The van der Waals surface area contributed by atoms with Crippen LogP contribution in [0, 0.1) is 0 Å². The molecule has 2 aromatic rings. The predicted octanol–water partition coefficient (Wildman–Crippen LogP) is 1.71. The second kappa shape index (κ2) is 6.25. The summed E-state index contributed by atoms with van der Waals surface area (Å²) in [6.07, 6.45) is 1.69. The monoisotopic (exact) mass is 292 g/mol. The molecule has 0 aromatic carbocycles. The van der Waals surface area contributed by atoms with Crippen molar-refractivity contribution >= 4 is 27.9 Å².